The van der Waals surface area contributed by atoms with E-state index in [0.717, 1.165) is 22.5 Å². The van der Waals surface area contributed by atoms with Crippen LogP contribution in [0.15, 0.2) is 29.4 Å². The molecule has 9 heteroatoms. The van der Waals surface area contributed by atoms with E-state index in [1.165, 1.54) is 5.01 Å². The molecule has 0 bridgehead atoms. The molecule has 1 aliphatic rings. The van der Waals surface area contributed by atoms with Crippen molar-refractivity contribution in [3.63, 3.8) is 0 Å². The highest BCUT2D eigenvalue weighted by molar-refractivity contribution is 6.40. The molecule has 2 heterocycles. The molecular formula is C20H24N6O3. The molecule has 9 nitrogen and oxygen atoms in total. The molecule has 2 aromatic rings. The number of carbonyl (C=O) groups is 3. The lowest BCUT2D eigenvalue weighted by molar-refractivity contribution is -0.126. The predicted octanol–water partition coefficient (Wildman–Crippen LogP) is 1.45. The fourth-order valence-electron chi connectivity index (χ4n) is 3.06. The third-order valence-corrected chi connectivity index (χ3v) is 4.60. The molecule has 0 unspecified atom stereocenters. The topological polar surface area (TPSA) is 109 Å². The molecule has 0 spiro atoms. The van der Waals surface area contributed by atoms with Crippen LogP contribution in [0.1, 0.15) is 35.4 Å². The Labute approximate surface area is 168 Å². The van der Waals surface area contributed by atoms with Gasteiger partial charge in [-0.3, -0.25) is 29.9 Å². The summed E-state index contributed by atoms with van der Waals surface area (Å²) < 4.78 is 1.55. The quantitative estimate of drug-likeness (QED) is 0.763. The van der Waals surface area contributed by atoms with E-state index in [2.05, 4.69) is 21.1 Å². The van der Waals surface area contributed by atoms with Gasteiger partial charge in [0.2, 0.25) is 5.91 Å². The van der Waals surface area contributed by atoms with E-state index in [1.807, 2.05) is 52.0 Å². The zero-order valence-corrected chi connectivity index (χ0v) is 16.9. The molecule has 29 heavy (non-hydrogen) atoms. The first kappa shape index (κ1) is 20.2. The summed E-state index contributed by atoms with van der Waals surface area (Å²) in [6, 6.07) is 7.57. The molecule has 152 valence electrons. The van der Waals surface area contributed by atoms with Crippen molar-refractivity contribution < 1.29 is 14.4 Å². The standard InChI is InChI=1S/C20H24N6O3/c1-12-5-6-13(2)17(9-12)26-19(28)8-7-16(24-26)20(29)22-21-18(27)11-25-15(4)10-14(3)23-25/h5-6,9-10H,7-8,11H2,1-4H3,(H,21,27)(H,22,29). The predicted molar refractivity (Wildman–Crippen MR) is 108 cm³/mol. The van der Waals surface area contributed by atoms with Gasteiger partial charge in [-0.2, -0.15) is 10.2 Å². The summed E-state index contributed by atoms with van der Waals surface area (Å²) in [7, 11) is 0. The molecule has 3 rings (SSSR count). The second kappa shape index (κ2) is 8.26. The van der Waals surface area contributed by atoms with E-state index in [1.54, 1.807) is 4.68 Å². The van der Waals surface area contributed by atoms with Crippen molar-refractivity contribution in [2.75, 3.05) is 5.01 Å². The summed E-state index contributed by atoms with van der Waals surface area (Å²) in [6.07, 6.45) is 0.374. The number of hydrazone groups is 1. The van der Waals surface area contributed by atoms with Crippen LogP contribution in [-0.2, 0) is 20.9 Å². The second-order valence-corrected chi connectivity index (χ2v) is 7.13. The van der Waals surface area contributed by atoms with Crippen LogP contribution in [-0.4, -0.2) is 33.2 Å². The van der Waals surface area contributed by atoms with Crippen molar-refractivity contribution in [1.29, 1.82) is 0 Å². The van der Waals surface area contributed by atoms with Crippen molar-refractivity contribution in [2.24, 2.45) is 5.10 Å². The zero-order valence-electron chi connectivity index (χ0n) is 16.9. The molecule has 0 fully saturated rings. The molecule has 0 atom stereocenters. The Kier molecular flexibility index (Phi) is 5.76. The molecule has 3 amide bonds. The molecule has 2 N–H and O–H groups in total. The number of hydrogen-bond acceptors (Lipinski definition) is 5. The van der Waals surface area contributed by atoms with Crippen LogP contribution in [0.3, 0.4) is 0 Å². The Morgan fingerprint density at radius 1 is 1.07 bits per heavy atom. The lowest BCUT2D eigenvalue weighted by atomic mass is 10.1. The second-order valence-electron chi connectivity index (χ2n) is 7.13. The minimum absolute atomic E-state index is 0.0144. The van der Waals surface area contributed by atoms with Crippen LogP contribution in [0.5, 0.6) is 0 Å². The summed E-state index contributed by atoms with van der Waals surface area (Å²) in [5.74, 6) is -1.14. The van der Waals surface area contributed by atoms with Crippen LogP contribution in [0.25, 0.3) is 0 Å². The highest BCUT2D eigenvalue weighted by Crippen LogP contribution is 2.25. The monoisotopic (exact) mass is 396 g/mol. The summed E-state index contributed by atoms with van der Waals surface area (Å²) in [5, 5.41) is 9.71. The van der Waals surface area contributed by atoms with Gasteiger partial charge in [0.25, 0.3) is 11.8 Å². The maximum absolute atomic E-state index is 12.4. The molecular weight excluding hydrogens is 372 g/mol. The number of amides is 3. The van der Waals surface area contributed by atoms with Gasteiger partial charge < -0.3 is 0 Å². The Morgan fingerprint density at radius 2 is 1.83 bits per heavy atom. The summed E-state index contributed by atoms with van der Waals surface area (Å²) >= 11 is 0. The van der Waals surface area contributed by atoms with Gasteiger partial charge in [-0.15, -0.1) is 0 Å². The van der Waals surface area contributed by atoms with Crippen LogP contribution in [0, 0.1) is 27.7 Å². The number of hydrogen-bond donors (Lipinski definition) is 2. The maximum atomic E-state index is 12.4. The summed E-state index contributed by atoms with van der Waals surface area (Å²) in [4.78, 5) is 36.9. The van der Waals surface area contributed by atoms with Gasteiger partial charge in [-0.1, -0.05) is 12.1 Å². The van der Waals surface area contributed by atoms with Gasteiger partial charge in [0.05, 0.1) is 11.4 Å². The van der Waals surface area contributed by atoms with E-state index >= 15 is 0 Å². The number of aryl methyl sites for hydroxylation is 4. The molecule has 0 radical (unpaired) electrons. The third kappa shape index (κ3) is 4.68. The van der Waals surface area contributed by atoms with Crippen LogP contribution < -0.4 is 15.9 Å². The number of hydrazine groups is 1. The van der Waals surface area contributed by atoms with Gasteiger partial charge in [0.15, 0.2) is 0 Å². The highest BCUT2D eigenvalue weighted by Gasteiger charge is 2.26. The molecule has 0 aliphatic carbocycles. The maximum Gasteiger partial charge on any atom is 0.285 e. The first-order chi connectivity index (χ1) is 13.7. The molecule has 1 aliphatic heterocycles. The number of anilines is 1. The lowest BCUT2D eigenvalue weighted by Gasteiger charge is -2.24. The average molecular weight is 396 g/mol. The minimum atomic E-state index is -0.547. The molecule has 0 saturated carbocycles. The Bertz CT molecular complexity index is 1010. The van der Waals surface area contributed by atoms with Gasteiger partial charge in [0.1, 0.15) is 12.3 Å². The summed E-state index contributed by atoms with van der Waals surface area (Å²) in [6.45, 7) is 7.48. The fourth-order valence-corrected chi connectivity index (χ4v) is 3.06. The van der Waals surface area contributed by atoms with Gasteiger partial charge in [-0.25, -0.2) is 5.01 Å². The van der Waals surface area contributed by atoms with Gasteiger partial charge in [0, 0.05) is 18.5 Å². The number of nitrogens with zero attached hydrogens (tertiary/aromatic N) is 4. The zero-order chi connectivity index (χ0) is 21.1. The SMILES string of the molecule is Cc1ccc(C)c(N2N=C(C(=O)NNC(=O)Cn3nc(C)cc3C)CCC2=O)c1. The van der Waals surface area contributed by atoms with Crippen LogP contribution in [0.2, 0.25) is 0 Å². The van der Waals surface area contributed by atoms with Crippen molar-refractivity contribution in [1.82, 2.24) is 20.6 Å². The molecule has 1 aromatic heterocycles. The highest BCUT2D eigenvalue weighted by atomic mass is 16.2. The van der Waals surface area contributed by atoms with Crippen LogP contribution in [0.4, 0.5) is 5.69 Å². The average Bonchev–Trinajstić information content (AvgIpc) is 2.99. The van der Waals surface area contributed by atoms with Crippen molar-refractivity contribution in [2.45, 2.75) is 47.1 Å². The molecule has 0 saturated heterocycles. The van der Waals surface area contributed by atoms with Crippen molar-refractivity contribution >= 4 is 29.1 Å². The lowest BCUT2D eigenvalue weighted by Crippen LogP contribution is -2.48. The van der Waals surface area contributed by atoms with E-state index in [-0.39, 0.29) is 31.0 Å². The first-order valence-electron chi connectivity index (χ1n) is 9.32. The largest absolute Gasteiger partial charge is 0.285 e. The Morgan fingerprint density at radius 3 is 2.52 bits per heavy atom. The molecule has 1 aromatic carbocycles. The number of benzene rings is 1. The first-order valence-corrected chi connectivity index (χ1v) is 9.32. The smallest absolute Gasteiger partial charge is 0.273 e. The number of aromatic nitrogens is 2. The normalized spacial score (nSPS) is 13.9. The van der Waals surface area contributed by atoms with E-state index in [4.69, 9.17) is 0 Å². The van der Waals surface area contributed by atoms with E-state index < -0.39 is 11.8 Å². The van der Waals surface area contributed by atoms with E-state index in [9.17, 15) is 14.4 Å². The third-order valence-electron chi connectivity index (χ3n) is 4.60. The Hall–Kier alpha value is -3.49. The van der Waals surface area contributed by atoms with Gasteiger partial charge >= 0.3 is 0 Å². The minimum Gasteiger partial charge on any atom is -0.273 e. The fraction of sp³-hybridized carbons (Fsp3) is 0.350. The van der Waals surface area contributed by atoms with E-state index in [0.29, 0.717) is 5.69 Å². The van der Waals surface area contributed by atoms with Gasteiger partial charge in [-0.05, 0) is 51.0 Å². The van der Waals surface area contributed by atoms with Crippen molar-refractivity contribution in [3.05, 3.63) is 46.8 Å². The number of rotatable bonds is 4. The summed E-state index contributed by atoms with van der Waals surface area (Å²) in [5.41, 5.74) is 9.09. The number of carbonyl (C=O) groups excluding carboxylic acids is 3. The van der Waals surface area contributed by atoms with Crippen molar-refractivity contribution in [3.8, 4) is 0 Å². The Balaban J connectivity index is 1.67. The van der Waals surface area contributed by atoms with Crippen LogP contribution >= 0.6 is 0 Å². The number of nitrogens with one attached hydrogen (secondary N) is 2.